The van der Waals surface area contributed by atoms with Gasteiger partial charge in [-0.1, -0.05) is 17.7 Å². The third-order valence-corrected chi connectivity index (χ3v) is 4.12. The molecule has 1 unspecified atom stereocenters. The van der Waals surface area contributed by atoms with Crippen LogP contribution in [0.1, 0.15) is 25.3 Å². The van der Waals surface area contributed by atoms with E-state index in [9.17, 15) is 25.1 Å². The van der Waals surface area contributed by atoms with Crippen LogP contribution in [0, 0.1) is 15.5 Å². The fourth-order valence-corrected chi connectivity index (χ4v) is 2.45. The van der Waals surface area contributed by atoms with E-state index in [1.54, 1.807) is 0 Å². The van der Waals surface area contributed by atoms with E-state index in [1.165, 1.54) is 19.1 Å². The van der Waals surface area contributed by atoms with Crippen molar-refractivity contribution in [2.24, 2.45) is 5.41 Å². The molecular formula is C12H12ClNO5. The molecule has 0 spiro atoms. The van der Waals surface area contributed by atoms with Crippen molar-refractivity contribution in [3.63, 3.8) is 0 Å². The maximum absolute atomic E-state index is 11.3. The predicted octanol–water partition coefficient (Wildman–Crippen LogP) is 2.32. The third-order valence-electron chi connectivity index (χ3n) is 3.80. The molecule has 0 radical (unpaired) electrons. The van der Waals surface area contributed by atoms with E-state index in [0.717, 1.165) is 6.07 Å². The number of carboxylic acids is 1. The molecule has 0 aromatic heterocycles. The highest BCUT2D eigenvalue weighted by atomic mass is 35.5. The summed E-state index contributed by atoms with van der Waals surface area (Å²) in [6.45, 7) is 1.36. The average molecular weight is 286 g/mol. The maximum Gasteiger partial charge on any atom is 0.312 e. The molecule has 0 amide bonds. The van der Waals surface area contributed by atoms with Crippen LogP contribution in [-0.2, 0) is 10.4 Å². The maximum atomic E-state index is 11.3. The lowest BCUT2D eigenvalue weighted by molar-refractivity contribution is -0.384. The number of halogens is 1. The van der Waals surface area contributed by atoms with Crippen LogP contribution < -0.4 is 0 Å². The first-order chi connectivity index (χ1) is 8.72. The predicted molar refractivity (Wildman–Crippen MR) is 67.0 cm³/mol. The standard InChI is InChI=1S/C12H12ClNO5/c1-11(17,12(4-5-12)10(15)16)7-2-3-8(13)9(6-7)14(18)19/h2-3,6,17H,4-5H2,1H3,(H,15,16). The Hall–Kier alpha value is -1.66. The lowest BCUT2D eigenvalue weighted by Gasteiger charge is -2.30. The number of carboxylic acid groups (broad SMARTS) is 1. The Morgan fingerprint density at radius 1 is 1.53 bits per heavy atom. The smallest absolute Gasteiger partial charge is 0.312 e. The quantitative estimate of drug-likeness (QED) is 0.653. The Labute approximate surface area is 113 Å². The zero-order valence-corrected chi connectivity index (χ0v) is 10.8. The molecule has 0 heterocycles. The van der Waals surface area contributed by atoms with Crippen LogP contribution in [0.3, 0.4) is 0 Å². The van der Waals surface area contributed by atoms with Crippen molar-refractivity contribution in [3.05, 3.63) is 38.9 Å². The molecule has 6 nitrogen and oxygen atoms in total. The van der Waals surface area contributed by atoms with E-state index in [4.69, 9.17) is 11.6 Å². The highest BCUT2D eigenvalue weighted by Crippen LogP contribution is 2.58. The van der Waals surface area contributed by atoms with Gasteiger partial charge in [-0.2, -0.15) is 0 Å². The number of hydrogen-bond donors (Lipinski definition) is 2. The molecule has 1 aliphatic rings. The molecule has 1 aliphatic carbocycles. The van der Waals surface area contributed by atoms with Crippen molar-refractivity contribution < 1.29 is 19.9 Å². The summed E-state index contributed by atoms with van der Waals surface area (Å²) in [5.41, 5.74) is -3.10. The average Bonchev–Trinajstić information content (AvgIpc) is 3.09. The first kappa shape index (κ1) is 13.8. The molecule has 0 aliphatic heterocycles. The molecule has 102 valence electrons. The van der Waals surface area contributed by atoms with Gasteiger partial charge in [-0.15, -0.1) is 0 Å². The summed E-state index contributed by atoms with van der Waals surface area (Å²) in [6.07, 6.45) is 0.678. The van der Waals surface area contributed by atoms with Crippen molar-refractivity contribution >= 4 is 23.3 Å². The topological polar surface area (TPSA) is 101 Å². The largest absolute Gasteiger partial charge is 0.481 e. The van der Waals surface area contributed by atoms with E-state index in [-0.39, 0.29) is 16.3 Å². The van der Waals surface area contributed by atoms with Crippen LogP contribution in [0.25, 0.3) is 0 Å². The van der Waals surface area contributed by atoms with E-state index < -0.39 is 21.9 Å². The van der Waals surface area contributed by atoms with Gasteiger partial charge in [0.2, 0.25) is 0 Å². The van der Waals surface area contributed by atoms with E-state index in [2.05, 4.69) is 0 Å². The van der Waals surface area contributed by atoms with Crippen LogP contribution in [0.5, 0.6) is 0 Å². The molecule has 19 heavy (non-hydrogen) atoms. The number of benzene rings is 1. The summed E-state index contributed by atoms with van der Waals surface area (Å²) in [6, 6.07) is 3.84. The summed E-state index contributed by atoms with van der Waals surface area (Å²) in [4.78, 5) is 21.4. The number of rotatable bonds is 4. The van der Waals surface area contributed by atoms with Gasteiger partial charge in [0.05, 0.1) is 4.92 Å². The minimum atomic E-state index is -1.67. The highest BCUT2D eigenvalue weighted by molar-refractivity contribution is 6.32. The van der Waals surface area contributed by atoms with Gasteiger partial charge >= 0.3 is 5.97 Å². The van der Waals surface area contributed by atoms with Crippen molar-refractivity contribution in [2.45, 2.75) is 25.4 Å². The normalized spacial score (nSPS) is 19.5. The fraction of sp³-hybridized carbons (Fsp3) is 0.417. The molecule has 7 heteroatoms. The Morgan fingerprint density at radius 3 is 2.53 bits per heavy atom. The Kier molecular flexibility index (Phi) is 3.03. The number of aliphatic hydroxyl groups is 1. The number of hydrogen-bond acceptors (Lipinski definition) is 4. The second-order valence-electron chi connectivity index (χ2n) is 4.88. The zero-order chi connectivity index (χ0) is 14.4. The van der Waals surface area contributed by atoms with Crippen molar-refractivity contribution in [1.29, 1.82) is 0 Å². The molecule has 2 N–H and O–H groups in total. The summed E-state index contributed by atoms with van der Waals surface area (Å²) < 4.78 is 0. The van der Waals surface area contributed by atoms with Gasteiger partial charge in [-0.3, -0.25) is 14.9 Å². The molecule has 0 saturated heterocycles. The molecule has 1 atom stereocenters. The van der Waals surface area contributed by atoms with Crippen molar-refractivity contribution in [3.8, 4) is 0 Å². The summed E-state index contributed by atoms with van der Waals surface area (Å²) >= 11 is 5.69. The first-order valence-corrected chi connectivity index (χ1v) is 6.00. The van der Waals surface area contributed by atoms with Gasteiger partial charge in [0, 0.05) is 6.07 Å². The molecule has 2 rings (SSSR count). The number of nitro groups is 1. The summed E-state index contributed by atoms with van der Waals surface area (Å²) in [7, 11) is 0. The van der Waals surface area contributed by atoms with Crippen LogP contribution in [0.2, 0.25) is 5.02 Å². The number of aliphatic carboxylic acids is 1. The lowest BCUT2D eigenvalue weighted by Crippen LogP contribution is -2.39. The molecular weight excluding hydrogens is 274 g/mol. The second kappa shape index (κ2) is 4.18. The third kappa shape index (κ3) is 1.97. The summed E-state index contributed by atoms with van der Waals surface area (Å²) in [5, 5.41) is 30.5. The summed E-state index contributed by atoms with van der Waals surface area (Å²) in [5.74, 6) is -1.10. The first-order valence-electron chi connectivity index (χ1n) is 5.62. The van der Waals surface area contributed by atoms with E-state index in [0.29, 0.717) is 12.8 Å². The monoisotopic (exact) mass is 285 g/mol. The molecule has 1 aromatic rings. The Bertz CT molecular complexity index is 565. The van der Waals surface area contributed by atoms with Gasteiger partial charge in [-0.25, -0.2) is 0 Å². The van der Waals surface area contributed by atoms with Gasteiger partial charge in [0.25, 0.3) is 5.69 Å². The second-order valence-corrected chi connectivity index (χ2v) is 5.29. The molecule has 1 fully saturated rings. The van der Waals surface area contributed by atoms with Crippen LogP contribution in [-0.4, -0.2) is 21.1 Å². The number of nitrogens with zero attached hydrogens (tertiary/aromatic N) is 1. The van der Waals surface area contributed by atoms with Crippen molar-refractivity contribution in [1.82, 2.24) is 0 Å². The van der Waals surface area contributed by atoms with Gasteiger partial charge < -0.3 is 10.2 Å². The molecule has 0 bridgehead atoms. The minimum absolute atomic E-state index is 0.0512. The lowest BCUT2D eigenvalue weighted by atomic mass is 9.80. The van der Waals surface area contributed by atoms with E-state index in [1.807, 2.05) is 0 Å². The molecule has 1 aromatic carbocycles. The number of carbonyl (C=O) groups is 1. The Balaban J connectivity index is 2.50. The highest BCUT2D eigenvalue weighted by Gasteiger charge is 2.63. The number of nitro benzene ring substituents is 1. The van der Waals surface area contributed by atoms with Gasteiger partial charge in [0.15, 0.2) is 0 Å². The van der Waals surface area contributed by atoms with Crippen LogP contribution in [0.15, 0.2) is 18.2 Å². The minimum Gasteiger partial charge on any atom is -0.481 e. The SMILES string of the molecule is CC(O)(c1ccc(Cl)c([N+](=O)[O-])c1)C1(C(=O)O)CC1. The molecule has 1 saturated carbocycles. The zero-order valence-electron chi connectivity index (χ0n) is 10.1. The van der Waals surface area contributed by atoms with Crippen LogP contribution >= 0.6 is 11.6 Å². The van der Waals surface area contributed by atoms with Gasteiger partial charge in [0.1, 0.15) is 16.0 Å². The Morgan fingerprint density at radius 2 is 2.11 bits per heavy atom. The van der Waals surface area contributed by atoms with Gasteiger partial charge in [-0.05, 0) is 31.4 Å². The van der Waals surface area contributed by atoms with Crippen LogP contribution in [0.4, 0.5) is 5.69 Å². The van der Waals surface area contributed by atoms with E-state index >= 15 is 0 Å². The fourth-order valence-electron chi connectivity index (χ4n) is 2.27. The van der Waals surface area contributed by atoms with Crippen molar-refractivity contribution in [2.75, 3.05) is 0 Å².